The van der Waals surface area contributed by atoms with Gasteiger partial charge in [0.25, 0.3) is 5.69 Å². The molecule has 4 nitrogen and oxygen atoms in total. The molecule has 0 aliphatic rings. The van der Waals surface area contributed by atoms with Gasteiger partial charge < -0.3 is 5.32 Å². The molecule has 7 heteroatoms. The molecule has 0 saturated heterocycles. The lowest BCUT2D eigenvalue weighted by molar-refractivity contribution is -0.385. The molecule has 0 heterocycles. The summed E-state index contributed by atoms with van der Waals surface area (Å²) in [6.07, 6.45) is 0. The van der Waals surface area contributed by atoms with Gasteiger partial charge in [0.05, 0.1) is 26.6 Å². The summed E-state index contributed by atoms with van der Waals surface area (Å²) in [4.78, 5) is 10.6. The van der Waals surface area contributed by atoms with Crippen molar-refractivity contribution in [3.05, 3.63) is 67.9 Å². The Bertz CT molecular complexity index is 671. The summed E-state index contributed by atoms with van der Waals surface area (Å²) >= 11 is 11.4. The third-order valence-corrected chi connectivity index (χ3v) is 3.52. The van der Waals surface area contributed by atoms with Crippen LogP contribution in [-0.4, -0.2) is 4.92 Å². The van der Waals surface area contributed by atoms with Crippen LogP contribution in [0.3, 0.4) is 0 Å². The molecule has 110 valence electrons. The van der Waals surface area contributed by atoms with Crippen molar-refractivity contribution >= 4 is 34.6 Å². The van der Waals surface area contributed by atoms with E-state index in [1.807, 2.05) is 0 Å². The minimum atomic E-state index is -0.692. The van der Waals surface area contributed by atoms with Crippen LogP contribution in [0.1, 0.15) is 18.5 Å². The van der Waals surface area contributed by atoms with Gasteiger partial charge in [0, 0.05) is 11.8 Å². The number of rotatable bonds is 4. The minimum Gasteiger partial charge on any atom is -0.378 e. The Hall–Kier alpha value is -1.85. The lowest BCUT2D eigenvalue weighted by Gasteiger charge is -2.16. The molecule has 1 atom stereocenters. The smallest absolute Gasteiger partial charge is 0.274 e. The quantitative estimate of drug-likeness (QED) is 0.476. The number of hydrogen-bond acceptors (Lipinski definition) is 3. The second-order valence-corrected chi connectivity index (χ2v) is 5.25. The molecule has 2 rings (SSSR count). The van der Waals surface area contributed by atoms with E-state index >= 15 is 0 Å². The zero-order valence-corrected chi connectivity index (χ0v) is 12.5. The Morgan fingerprint density at radius 3 is 2.38 bits per heavy atom. The van der Waals surface area contributed by atoms with E-state index in [0.29, 0.717) is 11.3 Å². The lowest BCUT2D eigenvalue weighted by Crippen LogP contribution is -2.09. The van der Waals surface area contributed by atoms with E-state index in [-0.39, 0.29) is 21.8 Å². The number of nitro benzene ring substituents is 1. The zero-order chi connectivity index (χ0) is 15.6. The highest BCUT2D eigenvalue weighted by Crippen LogP contribution is 2.31. The molecule has 0 bridgehead atoms. The Labute approximate surface area is 130 Å². The first-order valence-corrected chi connectivity index (χ1v) is 6.80. The molecule has 2 aromatic carbocycles. The molecule has 0 aliphatic heterocycles. The van der Waals surface area contributed by atoms with E-state index < -0.39 is 10.7 Å². The molecule has 0 aliphatic carbocycles. The van der Waals surface area contributed by atoms with Crippen molar-refractivity contribution in [2.45, 2.75) is 13.0 Å². The van der Waals surface area contributed by atoms with Crippen molar-refractivity contribution in [1.29, 1.82) is 0 Å². The second-order valence-electron chi connectivity index (χ2n) is 4.44. The highest BCUT2D eigenvalue weighted by Gasteiger charge is 2.18. The van der Waals surface area contributed by atoms with Gasteiger partial charge in [0.15, 0.2) is 5.82 Å². The molecular formula is C14H11Cl2FN2O2. The lowest BCUT2D eigenvalue weighted by atomic mass is 10.1. The fourth-order valence-electron chi connectivity index (χ4n) is 1.99. The summed E-state index contributed by atoms with van der Waals surface area (Å²) in [5, 5.41) is 13.8. The Kier molecular flexibility index (Phi) is 4.65. The first-order chi connectivity index (χ1) is 9.90. The number of nitro groups is 1. The maximum Gasteiger partial charge on any atom is 0.274 e. The highest BCUT2D eigenvalue weighted by atomic mass is 35.5. The van der Waals surface area contributed by atoms with E-state index in [2.05, 4.69) is 5.32 Å². The number of benzene rings is 2. The number of nitrogens with zero attached hydrogens (tertiary/aromatic N) is 1. The molecular weight excluding hydrogens is 318 g/mol. The number of halogens is 3. The minimum absolute atomic E-state index is 0.0109. The average molecular weight is 329 g/mol. The van der Waals surface area contributed by atoms with Crippen molar-refractivity contribution in [3.8, 4) is 0 Å². The first kappa shape index (κ1) is 15.5. The molecule has 0 aromatic heterocycles. The van der Waals surface area contributed by atoms with Gasteiger partial charge in [-0.2, -0.15) is 0 Å². The van der Waals surface area contributed by atoms with Crippen LogP contribution in [0.5, 0.6) is 0 Å². The largest absolute Gasteiger partial charge is 0.378 e. The van der Waals surface area contributed by atoms with Crippen LogP contribution in [-0.2, 0) is 0 Å². The number of para-hydroxylation sites is 1. The van der Waals surface area contributed by atoms with Crippen LogP contribution in [0, 0.1) is 15.9 Å². The predicted octanol–water partition coefficient (Wildman–Crippen LogP) is 5.21. The van der Waals surface area contributed by atoms with Crippen molar-refractivity contribution in [2.24, 2.45) is 0 Å². The fraction of sp³-hybridized carbons (Fsp3) is 0.143. The molecule has 1 N–H and O–H groups in total. The zero-order valence-electron chi connectivity index (χ0n) is 10.9. The standard InChI is InChI=1S/C14H11Cl2FN2O2/c1-8(10-4-2-3-5-13(10)19(20)21)18-9-6-11(15)14(17)12(16)7-9/h2-8,18H,1H3. The van der Waals surface area contributed by atoms with Crippen LogP contribution in [0.2, 0.25) is 10.0 Å². The fourth-order valence-corrected chi connectivity index (χ4v) is 2.47. The van der Waals surface area contributed by atoms with Gasteiger partial charge in [-0.05, 0) is 19.1 Å². The van der Waals surface area contributed by atoms with Crippen LogP contribution >= 0.6 is 23.2 Å². The van der Waals surface area contributed by atoms with Gasteiger partial charge in [-0.3, -0.25) is 10.1 Å². The Balaban J connectivity index is 2.30. The average Bonchev–Trinajstić information content (AvgIpc) is 2.44. The van der Waals surface area contributed by atoms with E-state index in [1.54, 1.807) is 25.1 Å². The summed E-state index contributed by atoms with van der Waals surface area (Å²) in [5.74, 6) is -0.692. The molecule has 21 heavy (non-hydrogen) atoms. The van der Waals surface area contributed by atoms with Crippen molar-refractivity contribution in [1.82, 2.24) is 0 Å². The Morgan fingerprint density at radius 1 is 1.24 bits per heavy atom. The van der Waals surface area contributed by atoms with Gasteiger partial charge in [0.1, 0.15) is 0 Å². The van der Waals surface area contributed by atoms with Gasteiger partial charge in [-0.15, -0.1) is 0 Å². The van der Waals surface area contributed by atoms with Crippen molar-refractivity contribution in [3.63, 3.8) is 0 Å². The SMILES string of the molecule is CC(Nc1cc(Cl)c(F)c(Cl)c1)c1ccccc1[N+](=O)[O-]. The molecule has 0 spiro atoms. The molecule has 2 aromatic rings. The predicted molar refractivity (Wildman–Crippen MR) is 81.6 cm³/mol. The third kappa shape index (κ3) is 3.43. The van der Waals surface area contributed by atoms with Crippen molar-refractivity contribution < 1.29 is 9.31 Å². The van der Waals surface area contributed by atoms with Crippen LogP contribution in [0.25, 0.3) is 0 Å². The molecule has 0 saturated carbocycles. The maximum absolute atomic E-state index is 13.4. The number of nitrogens with one attached hydrogen (secondary N) is 1. The van der Waals surface area contributed by atoms with Gasteiger partial charge in [0.2, 0.25) is 0 Å². The van der Waals surface area contributed by atoms with Crippen LogP contribution < -0.4 is 5.32 Å². The highest BCUT2D eigenvalue weighted by molar-refractivity contribution is 6.35. The molecule has 1 unspecified atom stereocenters. The van der Waals surface area contributed by atoms with E-state index in [1.165, 1.54) is 18.2 Å². The van der Waals surface area contributed by atoms with Gasteiger partial charge in [-0.1, -0.05) is 41.4 Å². The monoisotopic (exact) mass is 328 g/mol. The maximum atomic E-state index is 13.4. The third-order valence-electron chi connectivity index (χ3n) is 2.97. The number of anilines is 1. The summed E-state index contributed by atoms with van der Waals surface area (Å²) in [7, 11) is 0. The van der Waals surface area contributed by atoms with Crippen LogP contribution in [0.4, 0.5) is 15.8 Å². The van der Waals surface area contributed by atoms with Gasteiger partial charge in [-0.25, -0.2) is 4.39 Å². The normalized spacial score (nSPS) is 12.0. The molecule has 0 radical (unpaired) electrons. The first-order valence-electron chi connectivity index (χ1n) is 6.04. The number of hydrogen-bond donors (Lipinski definition) is 1. The van der Waals surface area contributed by atoms with Crippen molar-refractivity contribution in [2.75, 3.05) is 5.32 Å². The Morgan fingerprint density at radius 2 is 1.81 bits per heavy atom. The summed E-state index contributed by atoms with van der Waals surface area (Å²) in [6, 6.07) is 8.79. The summed E-state index contributed by atoms with van der Waals surface area (Å²) < 4.78 is 13.4. The van der Waals surface area contributed by atoms with E-state index in [0.717, 1.165) is 0 Å². The van der Waals surface area contributed by atoms with E-state index in [9.17, 15) is 14.5 Å². The van der Waals surface area contributed by atoms with Gasteiger partial charge >= 0.3 is 0 Å². The van der Waals surface area contributed by atoms with Crippen LogP contribution in [0.15, 0.2) is 36.4 Å². The second kappa shape index (κ2) is 6.28. The summed E-state index contributed by atoms with van der Waals surface area (Å²) in [6.45, 7) is 1.76. The topological polar surface area (TPSA) is 55.2 Å². The molecule has 0 fully saturated rings. The summed E-state index contributed by atoms with van der Waals surface area (Å²) in [5.41, 5.74) is 1.01. The van der Waals surface area contributed by atoms with E-state index in [4.69, 9.17) is 23.2 Å². The molecule has 0 amide bonds.